The number of hydrogen-bond acceptors (Lipinski definition) is 5. The highest BCUT2D eigenvalue weighted by Gasteiger charge is 2.32. The number of hydroxylamine groups is 2. The summed E-state index contributed by atoms with van der Waals surface area (Å²) in [5.41, 5.74) is 0. The maximum Gasteiger partial charge on any atom is 0.253 e. The van der Waals surface area contributed by atoms with Crippen LogP contribution in [0.5, 0.6) is 0 Å². The fraction of sp³-hybridized carbons (Fsp3) is 0.625. The molecule has 1 saturated carbocycles. The molecule has 124 valence electrons. The molecular weight excluding hydrogens is 300 g/mol. The van der Waals surface area contributed by atoms with Crippen LogP contribution in [0.3, 0.4) is 0 Å². The van der Waals surface area contributed by atoms with E-state index in [2.05, 4.69) is 0 Å². The molecule has 0 unspecified atom stereocenters. The lowest BCUT2D eigenvalue weighted by Gasteiger charge is -2.30. The second-order valence-electron chi connectivity index (χ2n) is 6.38. The number of imide groups is 2. The van der Waals surface area contributed by atoms with E-state index in [4.69, 9.17) is 4.84 Å². The third-order valence-electron chi connectivity index (χ3n) is 4.75. The molecule has 0 spiro atoms. The van der Waals surface area contributed by atoms with Crippen LogP contribution >= 0.6 is 0 Å². The summed E-state index contributed by atoms with van der Waals surface area (Å²) in [7, 11) is 0. The Kier molecular flexibility index (Phi) is 4.56. The van der Waals surface area contributed by atoms with Gasteiger partial charge in [-0.25, -0.2) is 0 Å². The third-order valence-corrected chi connectivity index (χ3v) is 4.75. The van der Waals surface area contributed by atoms with Crippen molar-refractivity contribution in [1.29, 1.82) is 0 Å². The zero-order chi connectivity index (χ0) is 16.4. The molecule has 0 N–H and O–H groups in total. The van der Waals surface area contributed by atoms with Crippen molar-refractivity contribution in [2.75, 3.05) is 13.2 Å². The highest BCUT2D eigenvalue weighted by Crippen LogP contribution is 2.30. The van der Waals surface area contributed by atoms with E-state index in [9.17, 15) is 19.2 Å². The largest absolute Gasteiger partial charge is 0.275 e. The van der Waals surface area contributed by atoms with Gasteiger partial charge in [0, 0.05) is 31.5 Å². The molecule has 0 bridgehead atoms. The number of nitrogens with zero attached hydrogens (tertiary/aromatic N) is 2. The topological polar surface area (TPSA) is 84.0 Å². The van der Waals surface area contributed by atoms with Crippen LogP contribution in [0.15, 0.2) is 12.2 Å². The second-order valence-corrected chi connectivity index (χ2v) is 6.38. The summed E-state index contributed by atoms with van der Waals surface area (Å²) in [5.74, 6) is -0.368. The van der Waals surface area contributed by atoms with Gasteiger partial charge in [-0.1, -0.05) is 0 Å². The van der Waals surface area contributed by atoms with E-state index >= 15 is 0 Å². The van der Waals surface area contributed by atoms with Crippen LogP contribution in [-0.4, -0.2) is 46.7 Å². The standard InChI is InChI=1S/C16H20N2O5/c19-13-5-6-14(20)17(13)9-11-1-3-12(4-2-11)10-23-18-15(21)7-8-16(18)22/h5-6,11-12H,1-4,7-10H2. The van der Waals surface area contributed by atoms with Crippen molar-refractivity contribution in [2.45, 2.75) is 38.5 Å². The molecule has 2 fully saturated rings. The van der Waals surface area contributed by atoms with Gasteiger partial charge in [0.2, 0.25) is 0 Å². The van der Waals surface area contributed by atoms with Crippen LogP contribution < -0.4 is 0 Å². The van der Waals surface area contributed by atoms with Crippen molar-refractivity contribution in [2.24, 2.45) is 11.8 Å². The Morgan fingerprint density at radius 1 is 0.870 bits per heavy atom. The van der Waals surface area contributed by atoms with Gasteiger partial charge in [-0.05, 0) is 37.5 Å². The molecule has 7 heteroatoms. The zero-order valence-electron chi connectivity index (χ0n) is 12.9. The first kappa shape index (κ1) is 15.9. The predicted molar refractivity (Wildman–Crippen MR) is 78.3 cm³/mol. The second kappa shape index (κ2) is 6.62. The zero-order valence-corrected chi connectivity index (χ0v) is 12.9. The Morgan fingerprint density at radius 2 is 1.39 bits per heavy atom. The predicted octanol–water partition coefficient (Wildman–Crippen LogP) is 0.798. The summed E-state index contributed by atoms with van der Waals surface area (Å²) < 4.78 is 0. The molecule has 2 aliphatic heterocycles. The van der Waals surface area contributed by atoms with Crippen molar-refractivity contribution in [3.05, 3.63) is 12.2 Å². The summed E-state index contributed by atoms with van der Waals surface area (Å²) in [6, 6.07) is 0. The molecule has 23 heavy (non-hydrogen) atoms. The minimum Gasteiger partial charge on any atom is -0.275 e. The van der Waals surface area contributed by atoms with E-state index in [-0.39, 0.29) is 36.5 Å². The van der Waals surface area contributed by atoms with Crippen molar-refractivity contribution >= 4 is 23.6 Å². The molecule has 3 aliphatic rings. The molecule has 4 amide bonds. The molecule has 7 nitrogen and oxygen atoms in total. The van der Waals surface area contributed by atoms with Crippen molar-refractivity contribution in [1.82, 2.24) is 9.96 Å². The van der Waals surface area contributed by atoms with E-state index in [0.717, 1.165) is 30.7 Å². The molecule has 1 aliphatic carbocycles. The molecule has 0 aromatic carbocycles. The van der Waals surface area contributed by atoms with E-state index in [0.29, 0.717) is 25.0 Å². The Bertz CT molecular complexity index is 529. The van der Waals surface area contributed by atoms with E-state index < -0.39 is 0 Å². The Hall–Kier alpha value is -2.02. The van der Waals surface area contributed by atoms with Crippen molar-refractivity contribution < 1.29 is 24.0 Å². The molecule has 0 radical (unpaired) electrons. The lowest BCUT2D eigenvalue weighted by molar-refractivity contribution is -0.191. The van der Waals surface area contributed by atoms with Crippen LogP contribution in [0.4, 0.5) is 0 Å². The van der Waals surface area contributed by atoms with Crippen LogP contribution in [-0.2, 0) is 24.0 Å². The fourth-order valence-electron chi connectivity index (χ4n) is 3.33. The molecular formula is C16H20N2O5. The summed E-state index contributed by atoms with van der Waals surface area (Å²) in [5, 5.41) is 0.902. The molecule has 0 aromatic rings. The number of amides is 4. The number of carbonyl (C=O) groups excluding carboxylic acids is 4. The third kappa shape index (κ3) is 3.50. The molecule has 0 aromatic heterocycles. The minimum absolute atomic E-state index is 0.230. The van der Waals surface area contributed by atoms with Gasteiger partial charge in [-0.15, -0.1) is 0 Å². The quantitative estimate of drug-likeness (QED) is 0.700. The monoisotopic (exact) mass is 320 g/mol. The summed E-state index contributed by atoms with van der Waals surface area (Å²) in [4.78, 5) is 52.7. The first-order valence-electron chi connectivity index (χ1n) is 8.07. The number of carbonyl (C=O) groups is 4. The summed E-state index contributed by atoms with van der Waals surface area (Å²) in [6.07, 6.45) is 6.72. The average Bonchev–Trinajstić information content (AvgIpc) is 3.03. The fourth-order valence-corrected chi connectivity index (χ4v) is 3.33. The highest BCUT2D eigenvalue weighted by molar-refractivity contribution is 6.12. The lowest BCUT2D eigenvalue weighted by atomic mass is 9.82. The Morgan fingerprint density at radius 3 is 1.96 bits per heavy atom. The van der Waals surface area contributed by atoms with Gasteiger partial charge in [-0.2, -0.15) is 5.06 Å². The number of rotatable bonds is 5. The Labute approximate surface area is 134 Å². The minimum atomic E-state index is -0.262. The van der Waals surface area contributed by atoms with E-state index in [1.165, 1.54) is 17.1 Å². The maximum absolute atomic E-state index is 11.6. The highest BCUT2D eigenvalue weighted by atomic mass is 16.7. The Balaban J connectivity index is 1.40. The van der Waals surface area contributed by atoms with Gasteiger partial charge >= 0.3 is 0 Å². The smallest absolute Gasteiger partial charge is 0.253 e. The van der Waals surface area contributed by atoms with E-state index in [1.807, 2.05) is 0 Å². The van der Waals surface area contributed by atoms with Gasteiger partial charge in [-0.3, -0.25) is 28.9 Å². The van der Waals surface area contributed by atoms with Gasteiger partial charge in [0.15, 0.2) is 0 Å². The molecule has 0 atom stereocenters. The van der Waals surface area contributed by atoms with Crippen LogP contribution in [0.2, 0.25) is 0 Å². The van der Waals surface area contributed by atoms with Crippen molar-refractivity contribution in [3.63, 3.8) is 0 Å². The molecule has 3 rings (SSSR count). The van der Waals surface area contributed by atoms with Gasteiger partial charge < -0.3 is 0 Å². The van der Waals surface area contributed by atoms with Crippen LogP contribution in [0, 0.1) is 11.8 Å². The van der Waals surface area contributed by atoms with Crippen LogP contribution in [0.25, 0.3) is 0 Å². The molecule has 1 saturated heterocycles. The molecule has 2 heterocycles. The van der Waals surface area contributed by atoms with Gasteiger partial charge in [0.1, 0.15) is 0 Å². The van der Waals surface area contributed by atoms with Crippen molar-refractivity contribution in [3.8, 4) is 0 Å². The maximum atomic E-state index is 11.6. The van der Waals surface area contributed by atoms with Gasteiger partial charge in [0.05, 0.1) is 6.61 Å². The van der Waals surface area contributed by atoms with Gasteiger partial charge in [0.25, 0.3) is 23.6 Å². The van der Waals surface area contributed by atoms with E-state index in [1.54, 1.807) is 0 Å². The van der Waals surface area contributed by atoms with Crippen LogP contribution in [0.1, 0.15) is 38.5 Å². The lowest BCUT2D eigenvalue weighted by Crippen LogP contribution is -2.37. The first-order valence-corrected chi connectivity index (χ1v) is 8.07. The average molecular weight is 320 g/mol. The normalized spacial score (nSPS) is 28.3. The summed E-state index contributed by atoms with van der Waals surface area (Å²) in [6.45, 7) is 0.842. The SMILES string of the molecule is O=C1C=CC(=O)N1CC1CCC(CON2C(=O)CCC2=O)CC1. The number of hydrogen-bond donors (Lipinski definition) is 0. The summed E-state index contributed by atoms with van der Waals surface area (Å²) >= 11 is 0. The first-order chi connectivity index (χ1) is 11.0.